The predicted octanol–water partition coefficient (Wildman–Crippen LogP) is 38.1. The molecule has 6 aromatic heterocycles. The molecule has 0 atom stereocenters. The second-order valence-corrected chi connectivity index (χ2v) is 46.0. The van der Waals surface area contributed by atoms with Crippen LogP contribution in [0.25, 0.3) is 183 Å². The molecule has 0 bridgehead atoms. The first kappa shape index (κ1) is 87.1. The normalized spacial score (nSPS) is 15.4. The molecule has 6 heterocycles. The van der Waals surface area contributed by atoms with Crippen LogP contribution in [0.2, 0.25) is 0 Å². The number of anilines is 6. The van der Waals surface area contributed by atoms with Crippen LogP contribution in [-0.4, -0.2) is 15.0 Å². The zero-order valence-corrected chi connectivity index (χ0v) is 84.6. The Hall–Kier alpha value is -15.2. The van der Waals surface area contributed by atoms with Crippen LogP contribution in [0.5, 0.6) is 0 Å². The molecule has 0 radical (unpaired) electrons. The molecular formula is C132H105N5O2S3. The highest BCUT2D eigenvalue weighted by Crippen LogP contribution is 2.63. The summed E-state index contributed by atoms with van der Waals surface area (Å²) in [5.74, 6) is 1.92. The van der Waals surface area contributed by atoms with Crippen LogP contribution in [-0.2, 0) is 37.9 Å². The quantitative estimate of drug-likeness (QED) is 0.143. The Kier molecular flexibility index (Phi) is 19.6. The Morgan fingerprint density at radius 1 is 0.204 bits per heavy atom. The van der Waals surface area contributed by atoms with Crippen molar-refractivity contribution in [2.45, 2.75) is 135 Å². The number of thiophene rings is 3. The van der Waals surface area contributed by atoms with E-state index < -0.39 is 0 Å². The second-order valence-electron chi connectivity index (χ2n) is 42.8. The fraction of sp³-hybridized carbons (Fsp3) is 0.159. The van der Waals surface area contributed by atoms with E-state index in [2.05, 4.69) is 428 Å². The maximum absolute atomic E-state index is 6.35. The molecule has 4 aliphatic rings. The van der Waals surface area contributed by atoms with Crippen molar-refractivity contribution < 1.29 is 8.83 Å². The van der Waals surface area contributed by atoms with E-state index in [0.29, 0.717) is 17.5 Å². The summed E-state index contributed by atoms with van der Waals surface area (Å²) >= 11 is 5.71. The summed E-state index contributed by atoms with van der Waals surface area (Å²) < 4.78 is 20.7. The molecule has 688 valence electrons. The van der Waals surface area contributed by atoms with Crippen molar-refractivity contribution >= 4 is 173 Å². The van der Waals surface area contributed by atoms with E-state index in [-0.39, 0.29) is 37.9 Å². The van der Waals surface area contributed by atoms with Crippen molar-refractivity contribution in [3.8, 4) is 78.7 Å². The van der Waals surface area contributed by atoms with Gasteiger partial charge in [0.05, 0.1) is 0 Å². The van der Waals surface area contributed by atoms with Crippen LogP contribution in [0.3, 0.4) is 0 Å². The zero-order chi connectivity index (χ0) is 96.6. The first-order chi connectivity index (χ1) is 68.7. The van der Waals surface area contributed by atoms with Crippen molar-refractivity contribution in [3.05, 3.63) is 427 Å². The minimum atomic E-state index is -0.172. The van der Waals surface area contributed by atoms with Crippen molar-refractivity contribution in [2.75, 3.05) is 9.80 Å². The summed E-state index contributed by atoms with van der Waals surface area (Å²) in [6.07, 6.45) is 0. The number of benzene rings is 18. The Bertz CT molecular complexity index is 9360. The third kappa shape index (κ3) is 13.0. The summed E-state index contributed by atoms with van der Waals surface area (Å²) in [4.78, 5) is 20.3. The molecule has 0 unspecified atom stereocenters. The molecule has 142 heavy (non-hydrogen) atoms. The van der Waals surface area contributed by atoms with Gasteiger partial charge >= 0.3 is 0 Å². The van der Waals surface area contributed by atoms with E-state index >= 15 is 0 Å². The molecule has 4 aliphatic carbocycles. The standard InChI is InChI=1S/C45H33N3OS.C45H39NS.C42H33NOS/c1-44(2)33-24-23-29-28-15-9-11-20-37(28)50-40(29)39(33)30-22-21-27(25-34(30)45(44,3)4)42-46-41(26-13-6-5-7-14-26)47-43(48-42)32-17-12-19-36-38(32)31-16-8-10-18-35(31)49-36;1-43(2)35-18-12-10-16-31(35)32-22-20-29(26-37(32)43)46(28-14-8-7-9-15-28)30-21-23-33-38(27-30)45(5,6)44(3,4)36-24-25-40-42(41(33)36)34-17-11-13-19-39(34)47-40;1-41(2)33-22-23-38-40(32-15-9-11-17-37(32)45-38)39(33)31-21-19-27(24-34(31)42(41,3)4)43(26-12-6-5-7-13-26)28-18-20-30-29-14-8-10-16-35(29)44-36(30)25-28/h5-25H,1-4H3;7-27H,1-6H3;5-25H,1-4H3. The molecule has 24 aromatic rings. The van der Waals surface area contributed by atoms with Gasteiger partial charge in [0, 0.05) is 150 Å². The highest BCUT2D eigenvalue weighted by atomic mass is 32.1. The first-order valence-corrected chi connectivity index (χ1v) is 52.0. The fourth-order valence-corrected chi connectivity index (χ4v) is 27.6. The largest absolute Gasteiger partial charge is 0.456 e. The number of rotatable bonds is 9. The van der Waals surface area contributed by atoms with Crippen LogP contribution < -0.4 is 9.80 Å². The lowest BCUT2D eigenvalue weighted by atomic mass is 9.55. The SMILES string of the molecule is CC1(C)c2cc(-c3nc(-c4ccccc4)nc(-c4cccc5oc6ccccc6c45)n3)ccc2-c2c(ccc3c2sc2ccccc23)C1(C)C.CC1(C)c2cc(N(c3ccccc3)c3ccc4c(c3)oc3ccccc34)ccc2-c2c(ccc3sc4ccccc4c23)C1(C)C.CC1(C)c2ccccc2-c2ccc(N(c3ccccc3)c3ccc4c(c3)C(C)(C)C(C)(C)c3ccc5sc6ccccc6c5c3-4)cc21. The molecule has 18 aromatic carbocycles. The van der Waals surface area contributed by atoms with Gasteiger partial charge in [-0.3, -0.25) is 0 Å². The average molecular weight is 1890 g/mol. The Morgan fingerprint density at radius 3 is 1.17 bits per heavy atom. The van der Waals surface area contributed by atoms with Gasteiger partial charge in [0.25, 0.3) is 0 Å². The fourth-order valence-electron chi connectivity index (χ4n) is 24.1. The Morgan fingerprint density at radius 2 is 0.585 bits per heavy atom. The van der Waals surface area contributed by atoms with Crippen molar-refractivity contribution in [2.24, 2.45) is 0 Å². The van der Waals surface area contributed by atoms with Crippen molar-refractivity contribution in [3.63, 3.8) is 0 Å². The van der Waals surface area contributed by atoms with E-state index in [0.717, 1.165) is 77.6 Å². The number of fused-ring (bicyclic) bond motifs is 30. The lowest BCUT2D eigenvalue weighted by molar-refractivity contribution is 0.299. The second kappa shape index (κ2) is 31.9. The third-order valence-corrected chi connectivity index (χ3v) is 37.2. The monoisotopic (exact) mass is 1890 g/mol. The zero-order valence-electron chi connectivity index (χ0n) is 82.2. The van der Waals surface area contributed by atoms with Crippen LogP contribution in [0.4, 0.5) is 34.1 Å². The van der Waals surface area contributed by atoms with Crippen LogP contribution >= 0.6 is 34.0 Å². The Labute approximate surface area is 839 Å². The lowest BCUT2D eigenvalue weighted by Crippen LogP contribution is -2.43. The summed E-state index contributed by atoms with van der Waals surface area (Å²) in [5, 5.41) is 12.5. The third-order valence-electron chi connectivity index (χ3n) is 33.8. The van der Waals surface area contributed by atoms with Crippen LogP contribution in [0.1, 0.15) is 141 Å². The minimum Gasteiger partial charge on any atom is -0.456 e. The molecule has 10 heteroatoms. The van der Waals surface area contributed by atoms with Gasteiger partial charge in [-0.2, -0.15) is 0 Å². The van der Waals surface area contributed by atoms with E-state index in [1.165, 1.54) is 167 Å². The highest BCUT2D eigenvalue weighted by Gasteiger charge is 2.51. The van der Waals surface area contributed by atoms with Crippen LogP contribution in [0, 0.1) is 0 Å². The molecule has 0 fully saturated rings. The van der Waals surface area contributed by atoms with Crippen molar-refractivity contribution in [1.82, 2.24) is 15.0 Å². The summed E-state index contributed by atoms with van der Waals surface area (Å²) in [7, 11) is 0. The molecule has 0 aliphatic heterocycles. The van der Waals surface area contributed by atoms with E-state index in [9.17, 15) is 0 Å². The number of furan rings is 2. The van der Waals surface area contributed by atoms with Gasteiger partial charge in [-0.05, 0) is 243 Å². The van der Waals surface area contributed by atoms with E-state index in [1.807, 2.05) is 94.7 Å². The first-order valence-electron chi connectivity index (χ1n) is 49.6. The minimum absolute atomic E-state index is 0.0649. The van der Waals surface area contributed by atoms with Gasteiger partial charge in [-0.25, -0.2) is 15.0 Å². The Balaban J connectivity index is 0.000000109. The maximum atomic E-state index is 6.35. The van der Waals surface area contributed by atoms with Gasteiger partial charge in [-0.1, -0.05) is 346 Å². The number of para-hydroxylation sites is 4. The molecule has 0 saturated heterocycles. The summed E-state index contributed by atoms with van der Waals surface area (Å²) in [5.41, 5.74) is 34.5. The molecule has 0 N–H and O–H groups in total. The van der Waals surface area contributed by atoms with Gasteiger partial charge in [0.2, 0.25) is 0 Å². The number of nitrogens with zero attached hydrogens (tertiary/aromatic N) is 5. The highest BCUT2D eigenvalue weighted by molar-refractivity contribution is 7.27. The number of hydrogen-bond acceptors (Lipinski definition) is 10. The molecule has 28 rings (SSSR count). The average Bonchev–Trinajstić information content (AvgIpc) is 1.18. The molecule has 0 spiro atoms. The smallest absolute Gasteiger partial charge is 0.164 e. The number of aromatic nitrogens is 3. The summed E-state index contributed by atoms with van der Waals surface area (Å²) in [6.45, 7) is 33.7. The van der Waals surface area contributed by atoms with Crippen LogP contribution in [0.15, 0.2) is 391 Å². The van der Waals surface area contributed by atoms with Crippen molar-refractivity contribution in [1.29, 1.82) is 0 Å². The van der Waals surface area contributed by atoms with Gasteiger partial charge < -0.3 is 18.6 Å². The maximum Gasteiger partial charge on any atom is 0.164 e. The van der Waals surface area contributed by atoms with Gasteiger partial charge in [0.15, 0.2) is 17.5 Å². The predicted molar refractivity (Wildman–Crippen MR) is 604 cm³/mol. The van der Waals surface area contributed by atoms with Gasteiger partial charge in [-0.15, -0.1) is 34.0 Å². The van der Waals surface area contributed by atoms with E-state index in [1.54, 1.807) is 0 Å². The topological polar surface area (TPSA) is 71.4 Å². The van der Waals surface area contributed by atoms with Gasteiger partial charge in [0.1, 0.15) is 22.3 Å². The lowest BCUT2D eigenvalue weighted by Gasteiger charge is -2.49. The number of hydrogen-bond donors (Lipinski definition) is 0. The molecule has 0 amide bonds. The molecule has 7 nitrogen and oxygen atoms in total. The molecular weight excluding hydrogens is 1780 g/mol. The summed E-state index contributed by atoms with van der Waals surface area (Å²) in [6, 6.07) is 139. The van der Waals surface area contributed by atoms with E-state index in [4.69, 9.17) is 23.8 Å². The molecule has 0 saturated carbocycles.